The van der Waals surface area contributed by atoms with Crippen LogP contribution in [0.1, 0.15) is 24.1 Å². The van der Waals surface area contributed by atoms with E-state index in [1.165, 1.54) is 50.4 Å². The summed E-state index contributed by atoms with van der Waals surface area (Å²) >= 11 is 0. The number of carbonyl (C=O) groups is 3. The van der Waals surface area contributed by atoms with Crippen LogP contribution in [0, 0.1) is 12.7 Å². The lowest BCUT2D eigenvalue weighted by molar-refractivity contribution is -0.137. The van der Waals surface area contributed by atoms with Crippen LogP contribution in [0.5, 0.6) is 5.75 Å². The van der Waals surface area contributed by atoms with Gasteiger partial charge in [-0.2, -0.15) is 0 Å². The summed E-state index contributed by atoms with van der Waals surface area (Å²) in [4.78, 5) is 39.3. The highest BCUT2D eigenvalue weighted by Gasteiger charge is 2.47. The molecule has 3 N–H and O–H groups in total. The van der Waals surface area contributed by atoms with Gasteiger partial charge >= 0.3 is 6.03 Å². The molecule has 1 saturated heterocycles. The van der Waals surface area contributed by atoms with Crippen molar-refractivity contribution in [1.82, 2.24) is 10.2 Å². The maximum absolute atomic E-state index is 14.2. The molecule has 0 bridgehead atoms. The van der Waals surface area contributed by atoms with E-state index < -0.39 is 41.9 Å². The number of hydrogen-bond donors (Lipinski definition) is 3. The van der Waals surface area contributed by atoms with Crippen LogP contribution in [-0.2, 0) is 14.3 Å². The minimum Gasteiger partial charge on any atom is -0.508 e. The number of hydrogen-bond acceptors (Lipinski definition) is 5. The minimum absolute atomic E-state index is 0.0118. The third-order valence-electron chi connectivity index (χ3n) is 4.94. The number of nitrogens with zero attached hydrogens (tertiary/aromatic N) is 1. The second-order valence-electron chi connectivity index (χ2n) is 7.04. The zero-order valence-corrected chi connectivity index (χ0v) is 16.7. The lowest BCUT2D eigenvalue weighted by Gasteiger charge is -2.28. The van der Waals surface area contributed by atoms with Crippen LogP contribution in [0.15, 0.2) is 42.5 Å². The summed E-state index contributed by atoms with van der Waals surface area (Å²) in [6, 6.07) is 6.95. The second-order valence-corrected chi connectivity index (χ2v) is 7.04. The average molecular weight is 415 g/mol. The van der Waals surface area contributed by atoms with Gasteiger partial charge < -0.3 is 20.5 Å². The molecule has 0 aromatic heterocycles. The van der Waals surface area contributed by atoms with E-state index in [9.17, 15) is 23.9 Å². The van der Waals surface area contributed by atoms with Crippen molar-refractivity contribution in [3.63, 3.8) is 0 Å². The van der Waals surface area contributed by atoms with E-state index in [1.54, 1.807) is 13.0 Å². The number of aryl methyl sites for hydroxylation is 1. The van der Waals surface area contributed by atoms with E-state index in [1.807, 2.05) is 0 Å². The Labute approximate surface area is 172 Å². The van der Waals surface area contributed by atoms with Gasteiger partial charge in [0.05, 0.1) is 11.8 Å². The molecular formula is C21H22FN3O5. The van der Waals surface area contributed by atoms with Crippen LogP contribution < -0.4 is 10.6 Å². The number of aromatic hydroxyl groups is 1. The maximum atomic E-state index is 14.2. The number of urea groups is 1. The fraction of sp³-hybridized carbons (Fsp3) is 0.286. The van der Waals surface area contributed by atoms with Gasteiger partial charge in [-0.3, -0.25) is 9.59 Å². The fourth-order valence-corrected chi connectivity index (χ4v) is 3.25. The van der Waals surface area contributed by atoms with E-state index in [-0.39, 0.29) is 11.4 Å². The molecule has 9 heteroatoms. The summed E-state index contributed by atoms with van der Waals surface area (Å²) in [7, 11) is 1.34. The smallest absolute Gasteiger partial charge is 0.325 e. The molecular weight excluding hydrogens is 393 g/mol. The monoisotopic (exact) mass is 415 g/mol. The number of ether oxygens (including phenoxy) is 1. The Kier molecular flexibility index (Phi) is 6.02. The van der Waals surface area contributed by atoms with E-state index >= 15 is 0 Å². The van der Waals surface area contributed by atoms with Crippen molar-refractivity contribution in [2.24, 2.45) is 0 Å². The van der Waals surface area contributed by atoms with Crippen LogP contribution in [0.4, 0.5) is 14.9 Å². The topological polar surface area (TPSA) is 108 Å². The van der Waals surface area contributed by atoms with Gasteiger partial charge in [0, 0.05) is 7.11 Å². The Morgan fingerprint density at radius 3 is 2.50 bits per heavy atom. The Balaban J connectivity index is 1.89. The lowest BCUT2D eigenvalue weighted by Crippen LogP contribution is -2.53. The van der Waals surface area contributed by atoms with Gasteiger partial charge in [-0.15, -0.1) is 0 Å². The summed E-state index contributed by atoms with van der Waals surface area (Å²) < 4.78 is 19.4. The van der Waals surface area contributed by atoms with E-state index in [0.29, 0.717) is 11.1 Å². The molecule has 0 spiro atoms. The molecule has 158 valence electrons. The SMILES string of the molecule is COC(C)C(C(=O)Nc1ccc(C)cc1F)N1C(=O)N[C@H](c2ccc(O)cc2)C1=O. The number of benzene rings is 2. The number of amides is 4. The quantitative estimate of drug-likeness (QED) is 0.628. The number of rotatable bonds is 6. The Hall–Kier alpha value is -3.46. The molecule has 1 heterocycles. The third-order valence-corrected chi connectivity index (χ3v) is 4.94. The molecule has 1 aliphatic rings. The van der Waals surface area contributed by atoms with Crippen molar-refractivity contribution in [1.29, 1.82) is 0 Å². The fourth-order valence-electron chi connectivity index (χ4n) is 3.25. The van der Waals surface area contributed by atoms with Crippen molar-refractivity contribution in [2.75, 3.05) is 12.4 Å². The molecule has 0 aliphatic carbocycles. The van der Waals surface area contributed by atoms with Gasteiger partial charge in [0.1, 0.15) is 23.7 Å². The number of anilines is 1. The lowest BCUT2D eigenvalue weighted by atomic mass is 10.0. The van der Waals surface area contributed by atoms with Crippen LogP contribution in [-0.4, -0.2) is 47.1 Å². The summed E-state index contributed by atoms with van der Waals surface area (Å²) in [6.07, 6.45) is -0.855. The first-order valence-electron chi connectivity index (χ1n) is 9.25. The van der Waals surface area contributed by atoms with Gasteiger partial charge in [-0.25, -0.2) is 14.1 Å². The molecule has 0 radical (unpaired) electrons. The summed E-state index contributed by atoms with van der Waals surface area (Å²) in [6.45, 7) is 3.24. The predicted octanol–water partition coefficient (Wildman–Crippen LogP) is 2.47. The summed E-state index contributed by atoms with van der Waals surface area (Å²) in [5.74, 6) is -2.04. The van der Waals surface area contributed by atoms with Gasteiger partial charge in [-0.1, -0.05) is 18.2 Å². The van der Waals surface area contributed by atoms with Crippen molar-refractivity contribution < 1.29 is 28.6 Å². The first-order valence-corrected chi connectivity index (χ1v) is 9.25. The largest absolute Gasteiger partial charge is 0.508 e. The Morgan fingerprint density at radius 1 is 1.23 bits per heavy atom. The molecule has 8 nitrogen and oxygen atoms in total. The summed E-state index contributed by atoms with van der Waals surface area (Å²) in [5.41, 5.74) is 1.06. The number of carbonyl (C=O) groups excluding carboxylic acids is 3. The molecule has 2 aromatic carbocycles. The van der Waals surface area contributed by atoms with Crippen LogP contribution in [0.2, 0.25) is 0 Å². The van der Waals surface area contributed by atoms with E-state index in [4.69, 9.17) is 4.74 Å². The number of halogens is 1. The van der Waals surface area contributed by atoms with Crippen molar-refractivity contribution in [3.8, 4) is 5.75 Å². The molecule has 2 aromatic rings. The molecule has 3 atom stereocenters. The average Bonchev–Trinajstić information content (AvgIpc) is 2.99. The van der Waals surface area contributed by atoms with Gasteiger partial charge in [-0.05, 0) is 49.2 Å². The molecule has 4 amide bonds. The third kappa shape index (κ3) is 4.11. The van der Waals surface area contributed by atoms with Gasteiger partial charge in [0.25, 0.3) is 11.8 Å². The first-order chi connectivity index (χ1) is 14.2. The van der Waals surface area contributed by atoms with Crippen molar-refractivity contribution in [2.45, 2.75) is 32.0 Å². The minimum atomic E-state index is -1.33. The molecule has 0 saturated carbocycles. The van der Waals surface area contributed by atoms with Crippen LogP contribution in [0.25, 0.3) is 0 Å². The highest BCUT2D eigenvalue weighted by Crippen LogP contribution is 2.27. The van der Waals surface area contributed by atoms with Crippen molar-refractivity contribution >= 4 is 23.5 Å². The van der Waals surface area contributed by atoms with E-state index in [2.05, 4.69) is 10.6 Å². The molecule has 30 heavy (non-hydrogen) atoms. The van der Waals surface area contributed by atoms with Gasteiger partial charge in [0.15, 0.2) is 0 Å². The highest BCUT2D eigenvalue weighted by atomic mass is 19.1. The standard InChI is InChI=1S/C21H22FN3O5/c1-11-4-9-16(15(22)10-11)23-19(27)18(12(2)30-3)25-20(28)17(24-21(25)29)13-5-7-14(26)8-6-13/h4-10,12,17-18,26H,1-3H3,(H,23,27)(H,24,29)/t12?,17-,18?/m1/s1. The molecule has 3 rings (SSSR count). The zero-order valence-electron chi connectivity index (χ0n) is 16.7. The number of nitrogens with one attached hydrogen (secondary N) is 2. The Morgan fingerprint density at radius 2 is 1.90 bits per heavy atom. The molecule has 1 aliphatic heterocycles. The normalized spacial score (nSPS) is 18.1. The number of phenolic OH excluding ortho intramolecular Hbond substituents is 1. The van der Waals surface area contributed by atoms with Gasteiger partial charge in [0.2, 0.25) is 0 Å². The van der Waals surface area contributed by atoms with Crippen LogP contribution >= 0.6 is 0 Å². The predicted molar refractivity (Wildman–Crippen MR) is 106 cm³/mol. The second kappa shape index (κ2) is 8.50. The zero-order chi connectivity index (χ0) is 22.0. The highest BCUT2D eigenvalue weighted by molar-refractivity contribution is 6.09. The van der Waals surface area contributed by atoms with Crippen molar-refractivity contribution in [3.05, 3.63) is 59.4 Å². The van der Waals surface area contributed by atoms with E-state index in [0.717, 1.165) is 4.90 Å². The first kappa shape index (κ1) is 21.3. The number of phenols is 1. The number of methoxy groups -OCH3 is 1. The molecule has 1 fully saturated rings. The Bertz CT molecular complexity index is 979. The summed E-state index contributed by atoms with van der Waals surface area (Å²) in [5, 5.41) is 14.4. The maximum Gasteiger partial charge on any atom is 0.325 e. The number of imide groups is 1. The molecule has 2 unspecified atom stereocenters. The van der Waals surface area contributed by atoms with Crippen LogP contribution in [0.3, 0.4) is 0 Å².